The molecule has 1 N–H and O–H groups in total. The maximum Gasteiger partial charge on any atom is 0.290 e. The second kappa shape index (κ2) is 8.32. The lowest BCUT2D eigenvalue weighted by Gasteiger charge is -2.18. The number of anilines is 1. The van der Waals surface area contributed by atoms with Crippen LogP contribution in [0.5, 0.6) is 0 Å². The maximum absolute atomic E-state index is 11.7. The Bertz CT molecular complexity index is 1080. The first-order chi connectivity index (χ1) is 14.1. The van der Waals surface area contributed by atoms with Crippen LogP contribution in [-0.4, -0.2) is 23.2 Å². The van der Waals surface area contributed by atoms with Gasteiger partial charge in [0.05, 0.1) is 4.91 Å². The van der Waals surface area contributed by atoms with Crippen molar-refractivity contribution in [2.45, 2.75) is 6.54 Å². The number of carbonyl (C=O) groups is 2. The zero-order valence-corrected chi connectivity index (χ0v) is 16.6. The molecule has 1 aromatic heterocycles. The van der Waals surface area contributed by atoms with Gasteiger partial charge >= 0.3 is 0 Å². The lowest BCUT2D eigenvalue weighted by molar-refractivity contribution is -0.115. The highest BCUT2D eigenvalue weighted by atomic mass is 32.2. The molecule has 6 heteroatoms. The summed E-state index contributed by atoms with van der Waals surface area (Å²) in [5.74, 6) is 0.594. The lowest BCUT2D eigenvalue weighted by atomic mass is 10.0. The molecular formula is C23H19N3O2S. The van der Waals surface area contributed by atoms with Gasteiger partial charge in [0, 0.05) is 19.8 Å². The number of pyridine rings is 1. The fourth-order valence-corrected chi connectivity index (χ4v) is 3.81. The highest BCUT2D eigenvalue weighted by molar-refractivity contribution is 8.18. The SMILES string of the molecule is CN(Cc1cccc(-c2ccc(C=C3SC(=O)NC3=O)cc2)c1)c1ccccn1. The number of thioether (sulfide) groups is 1. The summed E-state index contributed by atoms with van der Waals surface area (Å²) in [4.78, 5) is 29.9. The molecular weight excluding hydrogens is 382 g/mol. The zero-order chi connectivity index (χ0) is 20.2. The van der Waals surface area contributed by atoms with E-state index in [1.165, 1.54) is 5.56 Å². The Balaban J connectivity index is 1.50. The Hall–Kier alpha value is -3.38. The molecule has 29 heavy (non-hydrogen) atoms. The van der Waals surface area contributed by atoms with E-state index in [2.05, 4.69) is 39.5 Å². The van der Waals surface area contributed by atoms with Crippen LogP contribution >= 0.6 is 11.8 Å². The van der Waals surface area contributed by atoms with Crippen molar-refractivity contribution in [3.8, 4) is 11.1 Å². The third-order valence-electron chi connectivity index (χ3n) is 4.57. The number of rotatable bonds is 5. The minimum Gasteiger partial charge on any atom is -0.355 e. The Morgan fingerprint density at radius 2 is 1.83 bits per heavy atom. The number of hydrogen-bond donors (Lipinski definition) is 1. The molecule has 1 aliphatic rings. The van der Waals surface area contributed by atoms with E-state index in [1.54, 1.807) is 12.3 Å². The molecule has 5 nitrogen and oxygen atoms in total. The predicted molar refractivity (Wildman–Crippen MR) is 117 cm³/mol. The number of aromatic nitrogens is 1. The van der Waals surface area contributed by atoms with E-state index in [4.69, 9.17) is 0 Å². The molecule has 0 spiro atoms. The van der Waals surface area contributed by atoms with Gasteiger partial charge in [0.25, 0.3) is 11.1 Å². The number of benzene rings is 2. The van der Waals surface area contributed by atoms with Crippen LogP contribution in [0.4, 0.5) is 10.6 Å². The highest BCUT2D eigenvalue weighted by Crippen LogP contribution is 2.27. The van der Waals surface area contributed by atoms with E-state index >= 15 is 0 Å². The summed E-state index contributed by atoms with van der Waals surface area (Å²) in [7, 11) is 2.03. The number of carbonyl (C=O) groups excluding carboxylic acids is 2. The summed E-state index contributed by atoms with van der Waals surface area (Å²) >= 11 is 0.927. The molecule has 144 valence electrons. The molecule has 1 saturated heterocycles. The molecule has 0 saturated carbocycles. The fourth-order valence-electron chi connectivity index (χ4n) is 3.13. The molecule has 4 rings (SSSR count). The summed E-state index contributed by atoms with van der Waals surface area (Å²) in [5, 5.41) is 1.94. The second-order valence-corrected chi connectivity index (χ2v) is 7.73. The fraction of sp³-hybridized carbons (Fsp3) is 0.0870. The van der Waals surface area contributed by atoms with Crippen molar-refractivity contribution in [3.05, 3.63) is 89.0 Å². The summed E-state index contributed by atoms with van der Waals surface area (Å²) in [6, 6.07) is 22.2. The average Bonchev–Trinajstić information content (AvgIpc) is 3.06. The van der Waals surface area contributed by atoms with Gasteiger partial charge in [0.15, 0.2) is 0 Å². The van der Waals surface area contributed by atoms with E-state index in [-0.39, 0.29) is 11.1 Å². The molecule has 1 fully saturated rings. The van der Waals surface area contributed by atoms with Gasteiger partial charge in [-0.2, -0.15) is 0 Å². The van der Waals surface area contributed by atoms with E-state index in [9.17, 15) is 9.59 Å². The first-order valence-corrected chi connectivity index (χ1v) is 9.96. The topological polar surface area (TPSA) is 62.3 Å². The molecule has 3 aromatic rings. The van der Waals surface area contributed by atoms with Crippen molar-refractivity contribution in [1.82, 2.24) is 10.3 Å². The lowest BCUT2D eigenvalue weighted by Crippen LogP contribution is -2.17. The Morgan fingerprint density at radius 3 is 2.52 bits per heavy atom. The third kappa shape index (κ3) is 4.55. The van der Waals surface area contributed by atoms with Crippen LogP contribution in [0, 0.1) is 0 Å². The normalized spacial score (nSPS) is 14.9. The van der Waals surface area contributed by atoms with Crippen LogP contribution in [0.1, 0.15) is 11.1 Å². The molecule has 0 atom stereocenters. The minimum absolute atomic E-state index is 0.328. The first kappa shape index (κ1) is 19.0. The predicted octanol–water partition coefficient (Wildman–Crippen LogP) is 4.71. The van der Waals surface area contributed by atoms with Crippen LogP contribution in [0.25, 0.3) is 17.2 Å². The number of nitrogens with zero attached hydrogens (tertiary/aromatic N) is 2. The Kier molecular flexibility index (Phi) is 5.44. The summed E-state index contributed by atoms with van der Waals surface area (Å²) in [6.07, 6.45) is 3.52. The van der Waals surface area contributed by atoms with Crippen molar-refractivity contribution in [2.24, 2.45) is 0 Å². The standard InChI is InChI=1S/C23H19N3O2S/c1-26(21-7-2-3-12-24-21)15-17-5-4-6-19(13-17)18-10-8-16(9-11-18)14-20-22(27)25-23(28)29-20/h2-14H,15H2,1H3,(H,25,27,28). The Labute approximate surface area is 173 Å². The number of hydrogen-bond acceptors (Lipinski definition) is 5. The number of amides is 2. The van der Waals surface area contributed by atoms with Gasteiger partial charge in [-0.15, -0.1) is 0 Å². The van der Waals surface area contributed by atoms with Crippen LogP contribution in [0.2, 0.25) is 0 Å². The van der Waals surface area contributed by atoms with Gasteiger partial charge in [-0.05, 0) is 58.3 Å². The van der Waals surface area contributed by atoms with E-state index in [0.29, 0.717) is 4.91 Å². The molecule has 0 bridgehead atoms. The van der Waals surface area contributed by atoms with Gasteiger partial charge in [-0.3, -0.25) is 14.9 Å². The zero-order valence-electron chi connectivity index (χ0n) is 15.8. The summed E-state index contributed by atoms with van der Waals surface area (Å²) < 4.78 is 0. The van der Waals surface area contributed by atoms with E-state index in [1.807, 2.05) is 49.5 Å². The van der Waals surface area contributed by atoms with Crippen molar-refractivity contribution < 1.29 is 9.59 Å². The van der Waals surface area contributed by atoms with Crippen molar-refractivity contribution in [1.29, 1.82) is 0 Å². The number of imide groups is 1. The van der Waals surface area contributed by atoms with Crippen LogP contribution < -0.4 is 10.2 Å². The quantitative estimate of drug-likeness (QED) is 0.628. The molecule has 0 unspecified atom stereocenters. The molecule has 1 aliphatic heterocycles. The van der Waals surface area contributed by atoms with Crippen molar-refractivity contribution in [2.75, 3.05) is 11.9 Å². The van der Waals surface area contributed by atoms with Crippen LogP contribution in [0.15, 0.2) is 77.8 Å². The van der Waals surface area contributed by atoms with Crippen molar-refractivity contribution >= 4 is 34.8 Å². The summed E-state index contributed by atoms with van der Waals surface area (Å²) in [5.41, 5.74) is 4.29. The second-order valence-electron chi connectivity index (χ2n) is 6.72. The molecule has 2 amide bonds. The van der Waals surface area contributed by atoms with E-state index < -0.39 is 0 Å². The maximum atomic E-state index is 11.7. The Morgan fingerprint density at radius 1 is 1.00 bits per heavy atom. The van der Waals surface area contributed by atoms with Gasteiger partial charge in [-0.1, -0.05) is 48.5 Å². The van der Waals surface area contributed by atoms with Gasteiger partial charge < -0.3 is 4.90 Å². The van der Waals surface area contributed by atoms with Gasteiger partial charge in [0.2, 0.25) is 0 Å². The van der Waals surface area contributed by atoms with Gasteiger partial charge in [-0.25, -0.2) is 4.98 Å². The third-order valence-corrected chi connectivity index (χ3v) is 5.38. The summed E-state index contributed by atoms with van der Waals surface area (Å²) in [6.45, 7) is 0.759. The molecule has 0 aliphatic carbocycles. The van der Waals surface area contributed by atoms with E-state index in [0.717, 1.165) is 40.8 Å². The largest absolute Gasteiger partial charge is 0.355 e. The van der Waals surface area contributed by atoms with Crippen LogP contribution in [0.3, 0.4) is 0 Å². The first-order valence-electron chi connectivity index (χ1n) is 9.15. The van der Waals surface area contributed by atoms with Gasteiger partial charge in [0.1, 0.15) is 5.82 Å². The molecule has 2 heterocycles. The minimum atomic E-state index is -0.339. The monoisotopic (exact) mass is 401 g/mol. The molecule has 2 aromatic carbocycles. The van der Waals surface area contributed by atoms with Crippen molar-refractivity contribution in [3.63, 3.8) is 0 Å². The number of nitrogens with one attached hydrogen (secondary N) is 1. The smallest absolute Gasteiger partial charge is 0.290 e. The molecule has 0 radical (unpaired) electrons. The average molecular weight is 401 g/mol. The van der Waals surface area contributed by atoms with Crippen LogP contribution in [-0.2, 0) is 11.3 Å². The highest BCUT2D eigenvalue weighted by Gasteiger charge is 2.24.